The summed E-state index contributed by atoms with van der Waals surface area (Å²) >= 11 is 7.35. The number of amides is 1. The molecule has 4 heteroatoms. The molecule has 0 aromatic carbocycles. The first-order valence-corrected chi connectivity index (χ1v) is 5.95. The van der Waals surface area contributed by atoms with Gasteiger partial charge in [0.15, 0.2) is 0 Å². The maximum absolute atomic E-state index is 11.4. The molecule has 1 aliphatic rings. The van der Waals surface area contributed by atoms with Gasteiger partial charge in [-0.2, -0.15) is 11.8 Å². The molecule has 2 nitrogen and oxygen atoms in total. The number of hydrogen-bond acceptors (Lipinski definition) is 2. The third-order valence-corrected chi connectivity index (χ3v) is 3.34. The molecule has 1 N–H and O–H groups in total. The van der Waals surface area contributed by atoms with Crippen molar-refractivity contribution in [3.8, 4) is 0 Å². The van der Waals surface area contributed by atoms with E-state index < -0.39 is 0 Å². The van der Waals surface area contributed by atoms with Crippen molar-refractivity contribution in [3.05, 3.63) is 0 Å². The Morgan fingerprint density at radius 1 is 1.67 bits per heavy atom. The van der Waals surface area contributed by atoms with Crippen molar-refractivity contribution in [2.75, 3.05) is 23.9 Å². The number of carbonyl (C=O) groups is 1. The zero-order valence-electron chi connectivity index (χ0n) is 7.01. The van der Waals surface area contributed by atoms with Gasteiger partial charge in [-0.1, -0.05) is 0 Å². The highest BCUT2D eigenvalue weighted by Crippen LogP contribution is 2.23. The van der Waals surface area contributed by atoms with E-state index in [0.29, 0.717) is 5.88 Å². The molecule has 1 heterocycles. The minimum absolute atomic E-state index is 0.213. The van der Waals surface area contributed by atoms with Crippen LogP contribution in [-0.2, 0) is 4.79 Å². The Kier molecular flexibility index (Phi) is 4.84. The number of alkyl halides is 1. The van der Waals surface area contributed by atoms with Gasteiger partial charge >= 0.3 is 0 Å². The van der Waals surface area contributed by atoms with Crippen LogP contribution in [0.5, 0.6) is 0 Å². The Morgan fingerprint density at radius 2 is 2.50 bits per heavy atom. The number of thioether (sulfide) groups is 1. The number of hydrogen-bond donors (Lipinski definition) is 1. The molecule has 0 saturated carbocycles. The molecule has 1 aliphatic heterocycles. The minimum atomic E-state index is 0.213. The summed E-state index contributed by atoms with van der Waals surface area (Å²) in [5.41, 5.74) is 0. The van der Waals surface area contributed by atoms with E-state index in [-0.39, 0.29) is 11.8 Å². The average Bonchev–Trinajstić information content (AvgIpc) is 2.56. The smallest absolute Gasteiger partial charge is 0.223 e. The van der Waals surface area contributed by atoms with Crippen molar-refractivity contribution in [1.82, 2.24) is 5.32 Å². The molecule has 0 bridgehead atoms. The van der Waals surface area contributed by atoms with Crippen molar-refractivity contribution in [1.29, 1.82) is 0 Å². The maximum Gasteiger partial charge on any atom is 0.223 e. The van der Waals surface area contributed by atoms with Gasteiger partial charge in [-0.25, -0.2) is 0 Å². The second-order valence-electron chi connectivity index (χ2n) is 2.89. The lowest BCUT2D eigenvalue weighted by molar-refractivity contribution is -0.124. The van der Waals surface area contributed by atoms with Crippen LogP contribution in [0, 0.1) is 5.92 Å². The summed E-state index contributed by atoms with van der Waals surface area (Å²) in [5, 5.41) is 2.89. The Labute approximate surface area is 82.4 Å². The highest BCUT2D eigenvalue weighted by molar-refractivity contribution is 7.99. The van der Waals surface area contributed by atoms with Crippen molar-refractivity contribution in [3.63, 3.8) is 0 Å². The van der Waals surface area contributed by atoms with E-state index in [1.54, 1.807) is 0 Å². The fourth-order valence-corrected chi connectivity index (χ4v) is 2.52. The Bertz CT molecular complexity index is 148. The monoisotopic (exact) mass is 207 g/mol. The van der Waals surface area contributed by atoms with E-state index in [4.69, 9.17) is 11.6 Å². The van der Waals surface area contributed by atoms with Gasteiger partial charge < -0.3 is 5.32 Å². The van der Waals surface area contributed by atoms with Crippen LogP contribution in [0.25, 0.3) is 0 Å². The van der Waals surface area contributed by atoms with Gasteiger partial charge in [-0.15, -0.1) is 11.6 Å². The summed E-state index contributed by atoms with van der Waals surface area (Å²) in [6.45, 7) is 0.726. The standard InChI is InChI=1S/C8H14ClNOS/c9-3-1-4-10-8(11)7-2-5-12-6-7/h7H,1-6H2,(H,10,11). The lowest BCUT2D eigenvalue weighted by Gasteiger charge is -2.08. The molecule has 1 saturated heterocycles. The molecule has 12 heavy (non-hydrogen) atoms. The summed E-state index contributed by atoms with van der Waals surface area (Å²) in [6, 6.07) is 0. The summed E-state index contributed by atoms with van der Waals surface area (Å²) < 4.78 is 0. The van der Waals surface area contributed by atoms with Gasteiger partial charge in [0.25, 0.3) is 0 Å². The average molecular weight is 208 g/mol. The van der Waals surface area contributed by atoms with Gasteiger partial charge in [0.05, 0.1) is 0 Å². The first kappa shape index (κ1) is 10.2. The highest BCUT2D eigenvalue weighted by Gasteiger charge is 2.22. The van der Waals surface area contributed by atoms with E-state index in [2.05, 4.69) is 5.32 Å². The predicted octanol–water partition coefficient (Wildman–Crippen LogP) is 1.48. The summed E-state index contributed by atoms with van der Waals surface area (Å²) in [6.07, 6.45) is 1.91. The maximum atomic E-state index is 11.4. The summed E-state index contributed by atoms with van der Waals surface area (Å²) in [7, 11) is 0. The molecule has 1 atom stereocenters. The largest absolute Gasteiger partial charge is 0.356 e. The van der Waals surface area contributed by atoms with Crippen LogP contribution in [-0.4, -0.2) is 29.8 Å². The molecule has 0 radical (unpaired) electrons. The van der Waals surface area contributed by atoms with E-state index in [1.165, 1.54) is 0 Å². The first-order valence-electron chi connectivity index (χ1n) is 4.26. The molecule has 1 amide bonds. The fraction of sp³-hybridized carbons (Fsp3) is 0.875. The molecular formula is C8H14ClNOS. The Morgan fingerprint density at radius 3 is 3.08 bits per heavy atom. The third-order valence-electron chi connectivity index (χ3n) is 1.91. The lowest BCUT2D eigenvalue weighted by Crippen LogP contribution is -2.31. The topological polar surface area (TPSA) is 29.1 Å². The van der Waals surface area contributed by atoms with Crippen LogP contribution >= 0.6 is 23.4 Å². The molecule has 0 spiro atoms. The van der Waals surface area contributed by atoms with E-state index >= 15 is 0 Å². The van der Waals surface area contributed by atoms with Crippen LogP contribution < -0.4 is 5.32 Å². The second-order valence-corrected chi connectivity index (χ2v) is 4.42. The van der Waals surface area contributed by atoms with Crippen LogP contribution in [0.4, 0.5) is 0 Å². The van der Waals surface area contributed by atoms with Gasteiger partial charge in [0.2, 0.25) is 5.91 Å². The normalized spacial score (nSPS) is 22.6. The van der Waals surface area contributed by atoms with Crippen LogP contribution in [0.15, 0.2) is 0 Å². The summed E-state index contributed by atoms with van der Waals surface area (Å²) in [5.74, 6) is 3.22. The molecular weight excluding hydrogens is 194 g/mol. The van der Waals surface area contributed by atoms with Crippen LogP contribution in [0.1, 0.15) is 12.8 Å². The number of rotatable bonds is 4. The van der Waals surface area contributed by atoms with Crippen LogP contribution in [0.3, 0.4) is 0 Å². The van der Waals surface area contributed by atoms with Crippen molar-refractivity contribution >= 4 is 29.3 Å². The third kappa shape index (κ3) is 3.23. The van der Waals surface area contributed by atoms with E-state index in [1.807, 2.05) is 11.8 Å². The van der Waals surface area contributed by atoms with Gasteiger partial charge in [-0.3, -0.25) is 4.79 Å². The SMILES string of the molecule is O=C(NCCCCl)C1CCSC1. The minimum Gasteiger partial charge on any atom is -0.356 e. The molecule has 1 rings (SSSR count). The Balaban J connectivity index is 2.10. The zero-order valence-corrected chi connectivity index (χ0v) is 8.59. The lowest BCUT2D eigenvalue weighted by atomic mass is 10.1. The molecule has 0 aliphatic carbocycles. The molecule has 0 aromatic heterocycles. The van der Waals surface area contributed by atoms with Crippen molar-refractivity contribution in [2.24, 2.45) is 5.92 Å². The Hall–Kier alpha value is 0.110. The van der Waals surface area contributed by atoms with Crippen molar-refractivity contribution < 1.29 is 4.79 Å². The van der Waals surface area contributed by atoms with E-state index in [0.717, 1.165) is 30.9 Å². The molecule has 1 unspecified atom stereocenters. The van der Waals surface area contributed by atoms with Crippen LogP contribution in [0.2, 0.25) is 0 Å². The van der Waals surface area contributed by atoms with Gasteiger partial charge in [-0.05, 0) is 18.6 Å². The van der Waals surface area contributed by atoms with Gasteiger partial charge in [0, 0.05) is 24.1 Å². The van der Waals surface area contributed by atoms with E-state index in [9.17, 15) is 4.79 Å². The number of carbonyl (C=O) groups excluding carboxylic acids is 1. The predicted molar refractivity (Wildman–Crippen MR) is 53.8 cm³/mol. The van der Waals surface area contributed by atoms with Gasteiger partial charge in [0.1, 0.15) is 0 Å². The number of halogens is 1. The fourth-order valence-electron chi connectivity index (χ4n) is 1.16. The zero-order chi connectivity index (χ0) is 8.81. The molecule has 0 aromatic rings. The van der Waals surface area contributed by atoms with Crippen molar-refractivity contribution in [2.45, 2.75) is 12.8 Å². The molecule has 1 fully saturated rings. The summed E-state index contributed by atoms with van der Waals surface area (Å²) in [4.78, 5) is 11.4. The second kappa shape index (κ2) is 5.70. The quantitative estimate of drug-likeness (QED) is 0.559. The highest BCUT2D eigenvalue weighted by atomic mass is 35.5. The first-order chi connectivity index (χ1) is 5.84. The molecule has 70 valence electrons. The number of nitrogens with one attached hydrogen (secondary N) is 1.